The average Bonchev–Trinajstić information content (AvgIpc) is 2.68. The average molecular weight is 406 g/mol. The summed E-state index contributed by atoms with van der Waals surface area (Å²) < 4.78 is 0. The summed E-state index contributed by atoms with van der Waals surface area (Å²) in [7, 11) is 0. The van der Waals surface area contributed by atoms with Crippen LogP contribution in [0.15, 0.2) is 60.7 Å². The quantitative estimate of drug-likeness (QED) is 0.533. The van der Waals surface area contributed by atoms with Gasteiger partial charge in [-0.1, -0.05) is 90.1 Å². The Morgan fingerprint density at radius 3 is 1.83 bits per heavy atom. The van der Waals surface area contributed by atoms with Crippen molar-refractivity contribution in [3.05, 3.63) is 82.9 Å². The summed E-state index contributed by atoms with van der Waals surface area (Å²) in [5, 5.41) is 0. The van der Waals surface area contributed by atoms with Gasteiger partial charge in [-0.2, -0.15) is 5.48 Å². The zero-order chi connectivity index (χ0) is 22.4. The molecule has 1 N–H and O–H groups in total. The van der Waals surface area contributed by atoms with Crippen LogP contribution in [-0.4, -0.2) is 11.9 Å². The van der Waals surface area contributed by atoms with Gasteiger partial charge < -0.3 is 4.84 Å². The van der Waals surface area contributed by atoms with Crippen LogP contribution in [0.4, 0.5) is 0 Å². The minimum Gasteiger partial charge on any atom is -0.336 e. The predicted molar refractivity (Wildman–Crippen MR) is 123 cm³/mol. The Labute approximate surface area is 179 Å². The van der Waals surface area contributed by atoms with Crippen molar-refractivity contribution >= 4 is 24.0 Å². The van der Waals surface area contributed by atoms with Crippen LogP contribution in [0.25, 0.3) is 12.2 Å². The van der Waals surface area contributed by atoms with Crippen LogP contribution in [0.5, 0.6) is 0 Å². The fourth-order valence-electron chi connectivity index (χ4n) is 2.68. The van der Waals surface area contributed by atoms with E-state index in [0.717, 1.165) is 11.1 Å². The van der Waals surface area contributed by atoms with E-state index in [-0.39, 0.29) is 10.8 Å². The van der Waals surface area contributed by atoms with Gasteiger partial charge in [-0.3, -0.25) is 4.79 Å². The molecule has 0 aromatic heterocycles. The summed E-state index contributed by atoms with van der Waals surface area (Å²) in [5.74, 6) is -1.15. The van der Waals surface area contributed by atoms with Crippen molar-refractivity contribution in [2.75, 3.05) is 0 Å². The van der Waals surface area contributed by atoms with Crippen molar-refractivity contribution < 1.29 is 14.4 Å². The molecule has 0 fully saturated rings. The number of amides is 1. The van der Waals surface area contributed by atoms with Gasteiger partial charge in [0.25, 0.3) is 5.91 Å². The van der Waals surface area contributed by atoms with Crippen molar-refractivity contribution in [3.8, 4) is 0 Å². The van der Waals surface area contributed by atoms with E-state index in [4.69, 9.17) is 4.84 Å². The molecule has 0 heterocycles. The molecular weight excluding hydrogens is 374 g/mol. The summed E-state index contributed by atoms with van der Waals surface area (Å²) in [5.41, 5.74) is 6.34. The molecule has 0 saturated heterocycles. The van der Waals surface area contributed by atoms with Crippen LogP contribution in [0.2, 0.25) is 0 Å². The molecule has 2 rings (SSSR count). The van der Waals surface area contributed by atoms with Crippen molar-refractivity contribution in [3.63, 3.8) is 0 Å². The highest BCUT2D eigenvalue weighted by Crippen LogP contribution is 2.30. The molecule has 0 radical (unpaired) electrons. The maximum Gasteiger partial charge on any atom is 0.355 e. The zero-order valence-corrected chi connectivity index (χ0v) is 18.7. The summed E-state index contributed by atoms with van der Waals surface area (Å²) in [4.78, 5) is 28.6. The zero-order valence-electron chi connectivity index (χ0n) is 18.7. The van der Waals surface area contributed by atoms with Crippen molar-refractivity contribution in [2.45, 2.75) is 52.4 Å². The summed E-state index contributed by atoms with van der Waals surface area (Å²) in [6.07, 6.45) is 5.98. The number of hydroxylamine groups is 1. The van der Waals surface area contributed by atoms with Crippen LogP contribution < -0.4 is 5.48 Å². The molecular formula is C26H31NO3. The molecule has 0 bridgehead atoms. The molecule has 4 nitrogen and oxygen atoms in total. The minimum atomic E-state index is -0.648. The monoisotopic (exact) mass is 405 g/mol. The lowest BCUT2D eigenvalue weighted by atomic mass is 9.79. The fourth-order valence-corrected chi connectivity index (χ4v) is 2.68. The van der Waals surface area contributed by atoms with Gasteiger partial charge in [0, 0.05) is 12.2 Å². The Bertz CT molecular complexity index is 910. The van der Waals surface area contributed by atoms with Crippen molar-refractivity contribution in [1.29, 1.82) is 0 Å². The van der Waals surface area contributed by atoms with E-state index < -0.39 is 11.9 Å². The summed E-state index contributed by atoms with van der Waals surface area (Å²) >= 11 is 0. The highest BCUT2D eigenvalue weighted by molar-refractivity contribution is 5.93. The number of hydrogen-bond acceptors (Lipinski definition) is 3. The molecule has 1 amide bonds. The molecule has 4 heteroatoms. The molecule has 0 aliphatic heterocycles. The maximum atomic E-state index is 12.1. The number of carbonyl (C=O) groups is 2. The molecule has 158 valence electrons. The van der Waals surface area contributed by atoms with Gasteiger partial charge in [-0.15, -0.1) is 0 Å². The number of nitrogens with one attached hydrogen (secondary N) is 1. The fraction of sp³-hybridized carbons (Fsp3) is 0.308. The Balaban J connectivity index is 2.03. The van der Waals surface area contributed by atoms with E-state index in [1.165, 1.54) is 23.3 Å². The summed E-state index contributed by atoms with van der Waals surface area (Å²) in [6, 6.07) is 15.7. The number of hydrogen-bond donors (Lipinski definition) is 1. The molecule has 30 heavy (non-hydrogen) atoms. The Hall–Kier alpha value is -3.14. The van der Waals surface area contributed by atoms with Crippen LogP contribution in [0, 0.1) is 0 Å². The Morgan fingerprint density at radius 1 is 0.767 bits per heavy atom. The third-order valence-corrected chi connectivity index (χ3v) is 4.58. The molecule has 2 aromatic carbocycles. The highest BCUT2D eigenvalue weighted by Gasteiger charge is 2.20. The first-order valence-electron chi connectivity index (χ1n) is 10.0. The number of carbonyl (C=O) groups excluding carboxylic acids is 2. The first-order chi connectivity index (χ1) is 13.9. The van der Waals surface area contributed by atoms with E-state index in [1.54, 1.807) is 12.2 Å². The molecule has 0 aliphatic carbocycles. The number of rotatable bonds is 4. The minimum absolute atomic E-state index is 0.00722. The standard InChI is InChI=1S/C26H31NO3/c1-25(2,3)21-16-20(17-22(18-21)26(4,5)6)12-14-23(28)27-30-24(29)15-13-19-10-8-7-9-11-19/h7-18H,1-6H3,(H,27,28)/b14-12+,15-13+. The van der Waals surface area contributed by atoms with E-state index in [0.29, 0.717) is 0 Å². The maximum absolute atomic E-state index is 12.1. The topological polar surface area (TPSA) is 55.4 Å². The highest BCUT2D eigenvalue weighted by atomic mass is 16.7. The van der Waals surface area contributed by atoms with Crippen LogP contribution >= 0.6 is 0 Å². The molecule has 0 unspecified atom stereocenters. The lowest BCUT2D eigenvalue weighted by Gasteiger charge is -2.25. The van der Waals surface area contributed by atoms with Gasteiger partial charge in [0.2, 0.25) is 0 Å². The van der Waals surface area contributed by atoms with E-state index >= 15 is 0 Å². The SMILES string of the molecule is CC(C)(C)c1cc(/C=C/C(=O)NOC(=O)/C=C/c2ccccc2)cc(C(C)(C)C)c1. The van der Waals surface area contributed by atoms with E-state index in [2.05, 4.69) is 65.2 Å². The van der Waals surface area contributed by atoms with E-state index in [1.807, 2.05) is 30.3 Å². The van der Waals surface area contributed by atoms with Crippen LogP contribution in [0.3, 0.4) is 0 Å². The summed E-state index contributed by atoms with van der Waals surface area (Å²) in [6.45, 7) is 13.0. The first-order valence-corrected chi connectivity index (χ1v) is 10.0. The van der Waals surface area contributed by atoms with Crippen molar-refractivity contribution in [2.24, 2.45) is 0 Å². The van der Waals surface area contributed by atoms with Crippen LogP contribution in [-0.2, 0) is 25.3 Å². The second-order valence-corrected chi connectivity index (χ2v) is 9.31. The molecule has 0 aliphatic rings. The van der Waals surface area contributed by atoms with Gasteiger partial charge in [0.1, 0.15) is 0 Å². The molecule has 0 spiro atoms. The van der Waals surface area contributed by atoms with Crippen LogP contribution in [0.1, 0.15) is 63.8 Å². The molecule has 0 atom stereocenters. The number of benzene rings is 2. The second kappa shape index (κ2) is 9.57. The van der Waals surface area contributed by atoms with Gasteiger partial charge in [0.15, 0.2) is 0 Å². The van der Waals surface area contributed by atoms with Gasteiger partial charge in [0.05, 0.1) is 0 Å². The van der Waals surface area contributed by atoms with Crippen molar-refractivity contribution in [1.82, 2.24) is 5.48 Å². The predicted octanol–water partition coefficient (Wildman–Crippen LogP) is 5.58. The third kappa shape index (κ3) is 7.36. The van der Waals surface area contributed by atoms with Gasteiger partial charge in [-0.25, -0.2) is 4.79 Å². The smallest absolute Gasteiger partial charge is 0.336 e. The lowest BCUT2D eigenvalue weighted by molar-refractivity contribution is -0.151. The third-order valence-electron chi connectivity index (χ3n) is 4.58. The Kier molecular flexibility index (Phi) is 7.38. The Morgan fingerprint density at radius 2 is 1.30 bits per heavy atom. The largest absolute Gasteiger partial charge is 0.355 e. The van der Waals surface area contributed by atoms with Gasteiger partial charge in [-0.05, 0) is 45.2 Å². The normalized spacial score (nSPS) is 12.3. The van der Waals surface area contributed by atoms with Gasteiger partial charge >= 0.3 is 5.97 Å². The molecule has 2 aromatic rings. The van der Waals surface area contributed by atoms with E-state index in [9.17, 15) is 9.59 Å². The molecule has 0 saturated carbocycles. The second-order valence-electron chi connectivity index (χ2n) is 9.31. The first kappa shape index (κ1) is 23.1. The lowest BCUT2D eigenvalue weighted by Crippen LogP contribution is -2.24.